The fourth-order valence-electron chi connectivity index (χ4n) is 1.66. The number of hydrogen-bond donors (Lipinski definition) is 3. The Kier molecular flexibility index (Phi) is 5.54. The molecule has 0 aromatic heterocycles. The Labute approximate surface area is 127 Å². The lowest BCUT2D eigenvalue weighted by molar-refractivity contribution is -0.141. The molecule has 116 valence electrons. The number of halogens is 2. The molecule has 1 aromatic rings. The second kappa shape index (κ2) is 6.76. The number of hydrogen-bond acceptors (Lipinski definition) is 2. The second-order valence-electron chi connectivity index (χ2n) is 5.71. The molecule has 0 aliphatic rings. The van der Waals surface area contributed by atoms with Crippen LogP contribution in [0.15, 0.2) is 18.2 Å². The number of carboxylic acid groups (broad SMARTS) is 1. The highest BCUT2D eigenvalue weighted by molar-refractivity contribution is 6.30. The summed E-state index contributed by atoms with van der Waals surface area (Å²) in [4.78, 5) is 22.9. The van der Waals surface area contributed by atoms with Crippen LogP contribution in [0.3, 0.4) is 0 Å². The van der Waals surface area contributed by atoms with E-state index in [-0.39, 0.29) is 11.6 Å². The van der Waals surface area contributed by atoms with Crippen molar-refractivity contribution >= 4 is 23.6 Å². The van der Waals surface area contributed by atoms with Gasteiger partial charge in [-0.1, -0.05) is 38.4 Å². The molecular formula is C14H18ClFN2O3. The third-order valence-electron chi connectivity index (χ3n) is 2.83. The topological polar surface area (TPSA) is 78.4 Å². The average Bonchev–Trinajstić information content (AvgIpc) is 2.35. The van der Waals surface area contributed by atoms with Crippen molar-refractivity contribution in [3.05, 3.63) is 34.6 Å². The fourth-order valence-corrected chi connectivity index (χ4v) is 1.87. The van der Waals surface area contributed by atoms with Crippen LogP contribution in [-0.2, 0) is 11.3 Å². The van der Waals surface area contributed by atoms with Crippen molar-refractivity contribution in [1.29, 1.82) is 0 Å². The van der Waals surface area contributed by atoms with Gasteiger partial charge in [0.2, 0.25) is 0 Å². The van der Waals surface area contributed by atoms with Gasteiger partial charge in [-0.15, -0.1) is 0 Å². The monoisotopic (exact) mass is 316 g/mol. The summed E-state index contributed by atoms with van der Waals surface area (Å²) < 4.78 is 13.0. The Bertz CT molecular complexity index is 544. The van der Waals surface area contributed by atoms with E-state index in [1.165, 1.54) is 18.2 Å². The van der Waals surface area contributed by atoms with Gasteiger partial charge in [0, 0.05) is 6.54 Å². The Balaban J connectivity index is 2.61. The highest BCUT2D eigenvalue weighted by atomic mass is 35.5. The van der Waals surface area contributed by atoms with E-state index in [4.69, 9.17) is 16.7 Å². The maximum absolute atomic E-state index is 13.0. The fraction of sp³-hybridized carbons (Fsp3) is 0.429. The van der Waals surface area contributed by atoms with Crippen molar-refractivity contribution < 1.29 is 19.1 Å². The molecule has 0 aliphatic heterocycles. The van der Waals surface area contributed by atoms with Crippen molar-refractivity contribution in [2.24, 2.45) is 5.41 Å². The van der Waals surface area contributed by atoms with Gasteiger partial charge in [0.25, 0.3) is 0 Å². The lowest BCUT2D eigenvalue weighted by Crippen LogP contribution is -2.52. The largest absolute Gasteiger partial charge is 0.480 e. The van der Waals surface area contributed by atoms with Gasteiger partial charge in [-0.05, 0) is 23.1 Å². The van der Waals surface area contributed by atoms with Gasteiger partial charge in [0.1, 0.15) is 11.9 Å². The van der Waals surface area contributed by atoms with Gasteiger partial charge in [-0.2, -0.15) is 0 Å². The summed E-state index contributed by atoms with van der Waals surface area (Å²) >= 11 is 5.63. The molecule has 21 heavy (non-hydrogen) atoms. The number of aliphatic carboxylic acids is 1. The van der Waals surface area contributed by atoms with E-state index in [0.29, 0.717) is 5.56 Å². The Morgan fingerprint density at radius 2 is 2.00 bits per heavy atom. The minimum absolute atomic E-state index is 0.0344. The summed E-state index contributed by atoms with van der Waals surface area (Å²) in [6.45, 7) is 5.26. The maximum atomic E-state index is 13.0. The molecule has 0 spiro atoms. The number of nitrogens with one attached hydrogen (secondary N) is 2. The third-order valence-corrected chi connectivity index (χ3v) is 3.12. The predicted octanol–water partition coefficient (Wildman–Crippen LogP) is 2.78. The molecule has 2 amide bonds. The number of urea groups is 1. The SMILES string of the molecule is CC(C)(C)[C@H](NC(=O)NCc1ccc(F)c(Cl)c1)C(=O)O. The summed E-state index contributed by atoms with van der Waals surface area (Å²) in [7, 11) is 0. The Morgan fingerprint density at radius 1 is 1.38 bits per heavy atom. The zero-order chi connectivity index (χ0) is 16.2. The molecule has 0 fully saturated rings. The highest BCUT2D eigenvalue weighted by Gasteiger charge is 2.32. The zero-order valence-corrected chi connectivity index (χ0v) is 12.8. The van der Waals surface area contributed by atoms with E-state index in [1.807, 2.05) is 0 Å². The van der Waals surface area contributed by atoms with Gasteiger partial charge in [0.05, 0.1) is 5.02 Å². The molecule has 1 aromatic carbocycles. The van der Waals surface area contributed by atoms with E-state index in [1.54, 1.807) is 20.8 Å². The van der Waals surface area contributed by atoms with Crippen LogP contribution < -0.4 is 10.6 Å². The first-order chi connectivity index (χ1) is 9.61. The first-order valence-electron chi connectivity index (χ1n) is 6.32. The number of carbonyl (C=O) groups excluding carboxylic acids is 1. The molecule has 3 N–H and O–H groups in total. The normalized spacial score (nSPS) is 12.6. The van der Waals surface area contributed by atoms with Crippen LogP contribution in [0.5, 0.6) is 0 Å². The number of carboxylic acids is 1. The van der Waals surface area contributed by atoms with Gasteiger partial charge in [-0.25, -0.2) is 14.0 Å². The molecule has 0 saturated heterocycles. The Morgan fingerprint density at radius 3 is 2.48 bits per heavy atom. The van der Waals surface area contributed by atoms with E-state index < -0.39 is 29.3 Å². The molecule has 7 heteroatoms. The highest BCUT2D eigenvalue weighted by Crippen LogP contribution is 2.19. The number of carbonyl (C=O) groups is 2. The van der Waals surface area contributed by atoms with Crippen LogP contribution in [0.2, 0.25) is 5.02 Å². The minimum Gasteiger partial charge on any atom is -0.480 e. The maximum Gasteiger partial charge on any atom is 0.326 e. The standard InChI is InChI=1S/C14H18ClFN2O3/c1-14(2,3)11(12(19)20)18-13(21)17-7-8-4-5-10(16)9(15)6-8/h4-6,11H,7H2,1-3H3,(H,19,20)(H2,17,18,21)/t11-/m1/s1. The number of benzene rings is 1. The summed E-state index contributed by atoms with van der Waals surface area (Å²) in [6, 6.07) is 2.45. The van der Waals surface area contributed by atoms with Crippen LogP contribution in [0.1, 0.15) is 26.3 Å². The molecule has 0 radical (unpaired) electrons. The van der Waals surface area contributed by atoms with Crippen LogP contribution in [0.4, 0.5) is 9.18 Å². The van der Waals surface area contributed by atoms with Crippen molar-refractivity contribution in [2.75, 3.05) is 0 Å². The Hall–Kier alpha value is -1.82. The quantitative estimate of drug-likeness (QED) is 0.799. The molecule has 0 unspecified atom stereocenters. The van der Waals surface area contributed by atoms with E-state index in [0.717, 1.165) is 0 Å². The minimum atomic E-state index is -1.11. The van der Waals surface area contributed by atoms with Crippen LogP contribution in [0.25, 0.3) is 0 Å². The van der Waals surface area contributed by atoms with Gasteiger partial charge in [-0.3, -0.25) is 0 Å². The van der Waals surface area contributed by atoms with Gasteiger partial charge < -0.3 is 15.7 Å². The lowest BCUT2D eigenvalue weighted by atomic mass is 9.87. The summed E-state index contributed by atoms with van der Waals surface area (Å²) in [6.07, 6.45) is 0. The van der Waals surface area contributed by atoms with E-state index in [2.05, 4.69) is 10.6 Å². The third kappa shape index (κ3) is 5.23. The van der Waals surface area contributed by atoms with Crippen molar-refractivity contribution in [3.8, 4) is 0 Å². The molecule has 0 saturated carbocycles. The second-order valence-corrected chi connectivity index (χ2v) is 6.12. The zero-order valence-electron chi connectivity index (χ0n) is 12.0. The van der Waals surface area contributed by atoms with Crippen LogP contribution in [0, 0.1) is 11.2 Å². The molecule has 1 atom stereocenters. The molecule has 5 nitrogen and oxygen atoms in total. The van der Waals surface area contributed by atoms with E-state index >= 15 is 0 Å². The predicted molar refractivity (Wildman–Crippen MR) is 77.7 cm³/mol. The van der Waals surface area contributed by atoms with Crippen molar-refractivity contribution in [1.82, 2.24) is 10.6 Å². The van der Waals surface area contributed by atoms with Crippen molar-refractivity contribution in [2.45, 2.75) is 33.4 Å². The van der Waals surface area contributed by atoms with E-state index in [9.17, 15) is 14.0 Å². The number of amides is 2. The first-order valence-corrected chi connectivity index (χ1v) is 6.70. The first kappa shape index (κ1) is 17.2. The summed E-state index contributed by atoms with van der Waals surface area (Å²) in [5.41, 5.74) is -0.0123. The molecule has 0 aliphatic carbocycles. The van der Waals surface area contributed by atoms with Crippen LogP contribution >= 0.6 is 11.6 Å². The van der Waals surface area contributed by atoms with Gasteiger partial charge in [0.15, 0.2) is 0 Å². The number of rotatable bonds is 4. The molecule has 0 bridgehead atoms. The van der Waals surface area contributed by atoms with Gasteiger partial charge >= 0.3 is 12.0 Å². The summed E-state index contributed by atoms with van der Waals surface area (Å²) in [5.74, 6) is -1.65. The molecule has 0 heterocycles. The van der Waals surface area contributed by atoms with Crippen molar-refractivity contribution in [3.63, 3.8) is 0 Å². The van der Waals surface area contributed by atoms with Crippen LogP contribution in [-0.4, -0.2) is 23.1 Å². The smallest absolute Gasteiger partial charge is 0.326 e. The summed E-state index contributed by atoms with van der Waals surface area (Å²) in [5, 5.41) is 14.0. The lowest BCUT2D eigenvalue weighted by Gasteiger charge is -2.27. The molecule has 1 rings (SSSR count). The average molecular weight is 317 g/mol. The molecular weight excluding hydrogens is 299 g/mol.